The number of ether oxygens (including phenoxy) is 2. The molecule has 0 saturated carbocycles. The molecule has 1 saturated heterocycles. The van der Waals surface area contributed by atoms with Gasteiger partial charge in [-0.2, -0.15) is 0 Å². The summed E-state index contributed by atoms with van der Waals surface area (Å²) < 4.78 is 16.0. The quantitative estimate of drug-likeness (QED) is 0.217. The molecule has 35 heavy (non-hydrogen) atoms. The van der Waals surface area contributed by atoms with Gasteiger partial charge in [-0.05, 0) is 50.7 Å². The molecular formula is C26H28N4O5. The van der Waals surface area contributed by atoms with Crippen LogP contribution in [0.2, 0.25) is 0 Å². The molecule has 1 aliphatic rings. The highest BCUT2D eigenvalue weighted by molar-refractivity contribution is 5.96. The van der Waals surface area contributed by atoms with Gasteiger partial charge in [-0.1, -0.05) is 12.1 Å². The first-order chi connectivity index (χ1) is 17.1. The number of aliphatic imine (C=N–C) groups is 1. The Hall–Kier alpha value is -3.98. The second-order valence-electron chi connectivity index (χ2n) is 8.10. The van der Waals surface area contributed by atoms with Crippen LogP contribution in [0.1, 0.15) is 30.1 Å². The van der Waals surface area contributed by atoms with E-state index in [0.29, 0.717) is 5.56 Å². The minimum Gasteiger partial charge on any atom is -0.469 e. The molecule has 182 valence electrons. The number of likely N-dealkylation sites (tertiary alicyclic amines) is 1. The summed E-state index contributed by atoms with van der Waals surface area (Å²) in [5.41, 5.74) is 3.12. The van der Waals surface area contributed by atoms with Gasteiger partial charge in [0.15, 0.2) is 0 Å². The zero-order chi connectivity index (χ0) is 24.6. The Morgan fingerprint density at radius 2 is 1.97 bits per heavy atom. The number of nitrogens with one attached hydrogen (secondary N) is 1. The number of carbonyl (C=O) groups excluding carboxylic acids is 2. The average Bonchev–Trinajstić information content (AvgIpc) is 3.37. The summed E-state index contributed by atoms with van der Waals surface area (Å²) in [6.45, 7) is 7.02. The largest absolute Gasteiger partial charge is 0.469 e. The first-order valence-corrected chi connectivity index (χ1v) is 11.5. The molecule has 2 aromatic heterocycles. The van der Waals surface area contributed by atoms with Crippen LogP contribution in [0.25, 0.3) is 22.2 Å². The number of furan rings is 1. The van der Waals surface area contributed by atoms with Crippen molar-refractivity contribution in [2.24, 2.45) is 4.99 Å². The number of piperidine rings is 1. The molecule has 1 fully saturated rings. The molecule has 3 aromatic rings. The van der Waals surface area contributed by atoms with Crippen LogP contribution < -0.4 is 5.32 Å². The van der Waals surface area contributed by atoms with Gasteiger partial charge in [0, 0.05) is 41.8 Å². The van der Waals surface area contributed by atoms with Crippen molar-refractivity contribution in [1.82, 2.24) is 15.2 Å². The van der Waals surface area contributed by atoms with E-state index >= 15 is 0 Å². The van der Waals surface area contributed by atoms with Crippen molar-refractivity contribution in [3.05, 3.63) is 66.4 Å². The number of benzene rings is 1. The number of amides is 1. The summed E-state index contributed by atoms with van der Waals surface area (Å²) >= 11 is 0. The van der Waals surface area contributed by atoms with Crippen LogP contribution >= 0.6 is 0 Å². The van der Waals surface area contributed by atoms with Crippen LogP contribution in [0.5, 0.6) is 0 Å². The lowest BCUT2D eigenvalue weighted by molar-refractivity contribution is -0.143. The minimum atomic E-state index is -0.565. The fourth-order valence-corrected chi connectivity index (χ4v) is 3.97. The molecule has 1 aromatic carbocycles. The first kappa shape index (κ1) is 24.2. The van der Waals surface area contributed by atoms with Gasteiger partial charge in [-0.15, -0.1) is 0 Å². The number of pyridine rings is 1. The van der Waals surface area contributed by atoms with Crippen molar-refractivity contribution in [3.63, 3.8) is 0 Å². The van der Waals surface area contributed by atoms with Gasteiger partial charge >= 0.3 is 5.97 Å². The van der Waals surface area contributed by atoms with E-state index in [1.54, 1.807) is 19.4 Å². The van der Waals surface area contributed by atoms with Crippen LogP contribution in [0.3, 0.4) is 0 Å². The summed E-state index contributed by atoms with van der Waals surface area (Å²) in [4.78, 5) is 34.8. The Morgan fingerprint density at radius 1 is 1.20 bits per heavy atom. The van der Waals surface area contributed by atoms with E-state index in [1.807, 2.05) is 36.4 Å². The van der Waals surface area contributed by atoms with Gasteiger partial charge < -0.3 is 19.2 Å². The molecule has 1 amide bonds. The monoisotopic (exact) mass is 476 g/mol. The van der Waals surface area contributed by atoms with E-state index < -0.39 is 5.97 Å². The predicted molar refractivity (Wildman–Crippen MR) is 132 cm³/mol. The molecule has 3 heterocycles. The predicted octanol–water partition coefficient (Wildman–Crippen LogP) is 3.77. The number of aromatic nitrogens is 1. The standard InChI is InChI=1S/C26H28N4O5/c1-3-33-26(32)23(16-27-2)35-17-30-13-9-20(10-14-30)29-25(31)19-6-4-18(5-7-19)24-21-11-15-34-22(21)8-12-28-24/h4-8,11-12,15-16,20H,2-3,9-10,13-14,17H2,1H3,(H,29,31)/b23-16-. The highest BCUT2D eigenvalue weighted by Crippen LogP contribution is 2.27. The molecule has 0 spiro atoms. The van der Waals surface area contributed by atoms with Crippen LogP contribution in [0.4, 0.5) is 0 Å². The van der Waals surface area contributed by atoms with E-state index in [1.165, 1.54) is 6.20 Å². The molecule has 1 aliphatic heterocycles. The van der Waals surface area contributed by atoms with Crippen molar-refractivity contribution < 1.29 is 23.5 Å². The van der Waals surface area contributed by atoms with Crippen LogP contribution in [-0.4, -0.2) is 60.9 Å². The van der Waals surface area contributed by atoms with Crippen LogP contribution in [0.15, 0.2) is 70.2 Å². The van der Waals surface area contributed by atoms with Crippen LogP contribution in [-0.2, 0) is 14.3 Å². The molecule has 0 aliphatic carbocycles. The highest BCUT2D eigenvalue weighted by Gasteiger charge is 2.22. The maximum atomic E-state index is 12.8. The second-order valence-corrected chi connectivity index (χ2v) is 8.10. The van der Waals surface area contributed by atoms with Gasteiger partial charge in [-0.3, -0.25) is 19.7 Å². The molecule has 1 N–H and O–H groups in total. The summed E-state index contributed by atoms with van der Waals surface area (Å²) in [5.74, 6) is -0.643. The Balaban J connectivity index is 1.27. The van der Waals surface area contributed by atoms with Crippen molar-refractivity contribution >= 4 is 29.6 Å². The molecule has 0 bridgehead atoms. The summed E-state index contributed by atoms with van der Waals surface area (Å²) in [6.07, 6.45) is 6.16. The fourth-order valence-electron chi connectivity index (χ4n) is 3.97. The van der Waals surface area contributed by atoms with E-state index in [2.05, 4.69) is 26.9 Å². The lowest BCUT2D eigenvalue weighted by Crippen LogP contribution is -2.45. The minimum absolute atomic E-state index is 0.0277. The van der Waals surface area contributed by atoms with Crippen molar-refractivity contribution in [3.8, 4) is 11.3 Å². The van der Waals surface area contributed by atoms with Crippen LogP contribution in [0, 0.1) is 0 Å². The third-order valence-electron chi connectivity index (χ3n) is 5.81. The Morgan fingerprint density at radius 3 is 2.69 bits per heavy atom. The van der Waals surface area contributed by atoms with E-state index in [4.69, 9.17) is 13.9 Å². The van der Waals surface area contributed by atoms with Crippen molar-refractivity contribution in [2.75, 3.05) is 26.4 Å². The van der Waals surface area contributed by atoms with Gasteiger partial charge in [0.1, 0.15) is 12.3 Å². The Labute approximate surface area is 203 Å². The number of nitrogens with zero attached hydrogens (tertiary/aromatic N) is 3. The molecule has 0 unspecified atom stereocenters. The average molecular weight is 477 g/mol. The zero-order valence-electron chi connectivity index (χ0n) is 19.6. The number of esters is 1. The number of hydrogen-bond acceptors (Lipinski definition) is 8. The third-order valence-corrected chi connectivity index (χ3v) is 5.81. The summed E-state index contributed by atoms with van der Waals surface area (Å²) in [6, 6.07) is 11.2. The molecule has 0 radical (unpaired) electrons. The zero-order valence-corrected chi connectivity index (χ0v) is 19.6. The highest BCUT2D eigenvalue weighted by atomic mass is 16.6. The molecule has 9 heteroatoms. The number of fused-ring (bicyclic) bond motifs is 1. The third kappa shape index (κ3) is 5.93. The van der Waals surface area contributed by atoms with E-state index in [9.17, 15) is 9.59 Å². The second kappa shape index (κ2) is 11.4. The normalized spacial score (nSPS) is 15.1. The maximum absolute atomic E-state index is 12.8. The molecular weight excluding hydrogens is 448 g/mol. The number of carbonyl (C=O) groups is 2. The Bertz CT molecular complexity index is 1210. The van der Waals surface area contributed by atoms with Gasteiger partial charge in [0.05, 0.1) is 24.8 Å². The summed E-state index contributed by atoms with van der Waals surface area (Å²) in [7, 11) is 0. The molecule has 4 rings (SSSR count). The van der Waals surface area contributed by atoms with Gasteiger partial charge in [-0.25, -0.2) is 4.79 Å². The summed E-state index contributed by atoms with van der Waals surface area (Å²) in [5, 5.41) is 4.05. The van der Waals surface area contributed by atoms with Crippen molar-refractivity contribution in [2.45, 2.75) is 25.8 Å². The van der Waals surface area contributed by atoms with Gasteiger partial charge in [0.2, 0.25) is 5.76 Å². The van der Waals surface area contributed by atoms with Crippen molar-refractivity contribution in [1.29, 1.82) is 0 Å². The molecule has 0 atom stereocenters. The fraction of sp³-hybridized carbons (Fsp3) is 0.308. The Kier molecular flexibility index (Phi) is 7.89. The topological polar surface area (TPSA) is 106 Å². The van der Waals surface area contributed by atoms with E-state index in [0.717, 1.165) is 48.2 Å². The smallest absolute Gasteiger partial charge is 0.375 e. The number of hydrogen-bond donors (Lipinski definition) is 1. The van der Waals surface area contributed by atoms with Gasteiger partial charge in [0.25, 0.3) is 5.91 Å². The first-order valence-electron chi connectivity index (χ1n) is 11.5. The van der Waals surface area contributed by atoms with E-state index in [-0.39, 0.29) is 31.0 Å². The number of rotatable bonds is 9. The lowest BCUT2D eigenvalue weighted by atomic mass is 10.0. The SMILES string of the molecule is C=N/C=C(\OCN1CCC(NC(=O)c2ccc(-c3nccc4occc34)cc2)CC1)C(=O)OCC. The molecule has 9 nitrogen and oxygen atoms in total. The maximum Gasteiger partial charge on any atom is 0.375 e. The lowest BCUT2D eigenvalue weighted by Gasteiger charge is -2.32.